The van der Waals surface area contributed by atoms with Crippen LogP contribution in [-0.4, -0.2) is 6.61 Å². The highest BCUT2D eigenvalue weighted by Crippen LogP contribution is 2.38. The first-order valence-corrected chi connectivity index (χ1v) is 13.0. The van der Waals surface area contributed by atoms with Gasteiger partial charge < -0.3 is 4.74 Å². The Labute approximate surface area is 208 Å². The Morgan fingerprint density at radius 2 is 1.49 bits per heavy atom. The van der Waals surface area contributed by atoms with E-state index >= 15 is 0 Å². The molecule has 0 aromatic heterocycles. The molecule has 3 heteroatoms. The van der Waals surface area contributed by atoms with E-state index in [2.05, 4.69) is 30.8 Å². The minimum Gasteiger partial charge on any atom is -0.491 e. The molecular formula is C32H36F2O. The lowest BCUT2D eigenvalue weighted by molar-refractivity contribution is 0.310. The van der Waals surface area contributed by atoms with E-state index in [0.717, 1.165) is 25.2 Å². The molecule has 1 nitrogen and oxygen atoms in total. The van der Waals surface area contributed by atoms with Gasteiger partial charge in [-0.1, -0.05) is 54.6 Å². The van der Waals surface area contributed by atoms with Crippen LogP contribution in [0.3, 0.4) is 0 Å². The molecule has 3 aromatic carbocycles. The summed E-state index contributed by atoms with van der Waals surface area (Å²) in [6.45, 7) is 5.86. The first-order valence-electron chi connectivity index (χ1n) is 13.0. The molecule has 0 N–H and O–H groups in total. The summed E-state index contributed by atoms with van der Waals surface area (Å²) in [5.74, 6) is -0.376. The second kappa shape index (κ2) is 12.2. The number of allylic oxidation sites excluding steroid dienone is 1. The van der Waals surface area contributed by atoms with E-state index < -0.39 is 11.6 Å². The first-order chi connectivity index (χ1) is 17.1. The fourth-order valence-electron chi connectivity index (χ4n) is 5.25. The van der Waals surface area contributed by atoms with Crippen LogP contribution >= 0.6 is 0 Å². The summed E-state index contributed by atoms with van der Waals surface area (Å²) in [7, 11) is 0. The highest BCUT2D eigenvalue weighted by Gasteiger charge is 2.22. The SMILES string of the molecule is C=CCCc1ccc(C2CCC(CCc3ccc(-c4ccc(OCC)c(F)c4F)cc3)CC2)cc1. The fourth-order valence-corrected chi connectivity index (χ4v) is 5.25. The normalized spacial score (nSPS) is 17.8. The average Bonchev–Trinajstić information content (AvgIpc) is 2.90. The molecule has 0 heterocycles. The van der Waals surface area contributed by atoms with Crippen molar-refractivity contribution in [1.82, 2.24) is 0 Å². The third-order valence-corrected chi connectivity index (χ3v) is 7.39. The molecule has 0 aliphatic heterocycles. The predicted molar refractivity (Wildman–Crippen MR) is 141 cm³/mol. The van der Waals surface area contributed by atoms with Gasteiger partial charge in [0, 0.05) is 5.56 Å². The number of ether oxygens (including phenoxy) is 1. The maximum absolute atomic E-state index is 14.5. The number of rotatable bonds is 10. The largest absolute Gasteiger partial charge is 0.491 e. The Morgan fingerprint density at radius 1 is 0.829 bits per heavy atom. The van der Waals surface area contributed by atoms with Crippen molar-refractivity contribution in [2.45, 2.75) is 64.2 Å². The van der Waals surface area contributed by atoms with Crippen molar-refractivity contribution in [3.63, 3.8) is 0 Å². The molecule has 0 bridgehead atoms. The molecule has 0 amide bonds. The molecule has 1 fully saturated rings. The number of hydrogen-bond donors (Lipinski definition) is 0. The second-order valence-electron chi connectivity index (χ2n) is 9.69. The van der Waals surface area contributed by atoms with E-state index in [0.29, 0.717) is 18.1 Å². The van der Waals surface area contributed by atoms with E-state index in [9.17, 15) is 8.78 Å². The van der Waals surface area contributed by atoms with Crippen molar-refractivity contribution < 1.29 is 13.5 Å². The van der Waals surface area contributed by atoms with Crippen molar-refractivity contribution in [2.24, 2.45) is 5.92 Å². The molecule has 4 rings (SSSR count). The van der Waals surface area contributed by atoms with Crippen molar-refractivity contribution >= 4 is 0 Å². The van der Waals surface area contributed by atoms with E-state index in [4.69, 9.17) is 4.74 Å². The molecule has 35 heavy (non-hydrogen) atoms. The molecule has 0 atom stereocenters. The smallest absolute Gasteiger partial charge is 0.201 e. The van der Waals surface area contributed by atoms with Gasteiger partial charge in [-0.15, -0.1) is 6.58 Å². The van der Waals surface area contributed by atoms with Gasteiger partial charge in [-0.05, 0) is 105 Å². The van der Waals surface area contributed by atoms with Gasteiger partial charge in [0.05, 0.1) is 6.61 Å². The number of benzene rings is 3. The predicted octanol–water partition coefficient (Wildman–Crippen LogP) is 9.06. The van der Waals surface area contributed by atoms with Crippen LogP contribution in [0.15, 0.2) is 73.3 Å². The molecule has 0 unspecified atom stereocenters. The van der Waals surface area contributed by atoms with Gasteiger partial charge in [-0.3, -0.25) is 0 Å². The van der Waals surface area contributed by atoms with Crippen LogP contribution < -0.4 is 4.74 Å². The molecule has 0 saturated heterocycles. The molecule has 1 aliphatic rings. The van der Waals surface area contributed by atoms with Crippen molar-refractivity contribution in [1.29, 1.82) is 0 Å². The third kappa shape index (κ3) is 6.39. The lowest BCUT2D eigenvalue weighted by atomic mass is 9.77. The van der Waals surface area contributed by atoms with Crippen molar-refractivity contribution in [3.8, 4) is 16.9 Å². The van der Waals surface area contributed by atoms with Crippen LogP contribution in [0.4, 0.5) is 8.78 Å². The fraction of sp³-hybridized carbons (Fsp3) is 0.375. The Hall–Kier alpha value is -2.94. The van der Waals surface area contributed by atoms with E-state index in [1.165, 1.54) is 54.9 Å². The Balaban J connectivity index is 1.27. The summed E-state index contributed by atoms with van der Waals surface area (Å²) in [6, 6.07) is 20.2. The van der Waals surface area contributed by atoms with Crippen LogP contribution in [0, 0.1) is 17.6 Å². The summed E-state index contributed by atoms with van der Waals surface area (Å²) < 4.78 is 33.9. The minimum atomic E-state index is -0.923. The molecular weight excluding hydrogens is 438 g/mol. The standard InChI is InChI=1S/C32H36F2O/c1-3-5-6-23-9-15-26(16-10-23)27-17-11-24(12-18-27)7-8-25-13-19-28(20-14-25)29-21-22-30(35-4-2)32(34)31(29)33/h3,9-10,13-16,19-22,24,27H,1,4-8,11-12,17-18H2,2H3. The second-order valence-corrected chi connectivity index (χ2v) is 9.69. The minimum absolute atomic E-state index is 0.0411. The number of halogens is 2. The van der Waals surface area contributed by atoms with Gasteiger partial charge >= 0.3 is 0 Å². The molecule has 0 spiro atoms. The lowest BCUT2D eigenvalue weighted by Gasteiger charge is -2.29. The molecule has 0 radical (unpaired) electrons. The number of hydrogen-bond acceptors (Lipinski definition) is 1. The van der Waals surface area contributed by atoms with E-state index in [1.807, 2.05) is 30.3 Å². The van der Waals surface area contributed by atoms with E-state index in [-0.39, 0.29) is 11.3 Å². The van der Waals surface area contributed by atoms with Crippen molar-refractivity contribution in [3.05, 3.63) is 102 Å². The van der Waals surface area contributed by atoms with Crippen LogP contribution in [0.25, 0.3) is 11.1 Å². The molecule has 1 aliphatic carbocycles. The van der Waals surface area contributed by atoms with Crippen LogP contribution in [0.2, 0.25) is 0 Å². The maximum Gasteiger partial charge on any atom is 0.201 e. The van der Waals surface area contributed by atoms with Gasteiger partial charge in [0.15, 0.2) is 11.6 Å². The van der Waals surface area contributed by atoms with Gasteiger partial charge in [0.2, 0.25) is 5.82 Å². The Bertz CT molecular complexity index is 1090. The highest BCUT2D eigenvalue weighted by molar-refractivity contribution is 5.65. The molecule has 3 aromatic rings. The summed E-state index contributed by atoms with van der Waals surface area (Å²) in [5.41, 5.74) is 5.08. The van der Waals surface area contributed by atoms with Crippen LogP contribution in [-0.2, 0) is 12.8 Å². The van der Waals surface area contributed by atoms with Crippen LogP contribution in [0.1, 0.15) is 68.1 Å². The zero-order chi connectivity index (χ0) is 24.6. The maximum atomic E-state index is 14.5. The average molecular weight is 475 g/mol. The topological polar surface area (TPSA) is 9.23 Å². The highest BCUT2D eigenvalue weighted by atomic mass is 19.2. The summed E-state index contributed by atoms with van der Waals surface area (Å²) in [5, 5.41) is 0. The molecule has 184 valence electrons. The van der Waals surface area contributed by atoms with Crippen molar-refractivity contribution in [2.75, 3.05) is 6.61 Å². The zero-order valence-electron chi connectivity index (χ0n) is 20.7. The third-order valence-electron chi connectivity index (χ3n) is 7.39. The molecule has 1 saturated carbocycles. The summed E-state index contributed by atoms with van der Waals surface area (Å²) in [6.07, 6.45) is 11.4. The van der Waals surface area contributed by atoms with Gasteiger partial charge in [-0.2, -0.15) is 4.39 Å². The Morgan fingerprint density at radius 3 is 2.14 bits per heavy atom. The Kier molecular flexibility index (Phi) is 8.74. The summed E-state index contributed by atoms with van der Waals surface area (Å²) in [4.78, 5) is 0. The monoisotopic (exact) mass is 474 g/mol. The summed E-state index contributed by atoms with van der Waals surface area (Å²) >= 11 is 0. The van der Waals surface area contributed by atoms with Gasteiger partial charge in [0.25, 0.3) is 0 Å². The van der Waals surface area contributed by atoms with E-state index in [1.54, 1.807) is 13.0 Å². The first kappa shape index (κ1) is 25.2. The quantitative estimate of drug-likeness (QED) is 0.266. The lowest BCUT2D eigenvalue weighted by Crippen LogP contribution is -2.14. The number of aryl methyl sites for hydroxylation is 2. The van der Waals surface area contributed by atoms with Gasteiger partial charge in [0.1, 0.15) is 0 Å². The van der Waals surface area contributed by atoms with Crippen LogP contribution in [0.5, 0.6) is 5.75 Å². The van der Waals surface area contributed by atoms with Gasteiger partial charge in [-0.25, -0.2) is 4.39 Å². The zero-order valence-corrected chi connectivity index (χ0v) is 20.7.